The fraction of sp³-hybridized carbons (Fsp3) is 0.667. The highest BCUT2D eigenvalue weighted by Gasteiger charge is 2.34. The molecule has 1 saturated carbocycles. The Morgan fingerprint density at radius 1 is 1.29 bits per heavy atom. The third kappa shape index (κ3) is 5.60. The maximum Gasteiger partial charge on any atom is 0.127 e. The van der Waals surface area contributed by atoms with Crippen molar-refractivity contribution < 1.29 is 9.13 Å². The molecule has 2 N–H and O–H groups in total. The molecule has 1 aromatic rings. The summed E-state index contributed by atoms with van der Waals surface area (Å²) in [6.07, 6.45) is 3.87. The van der Waals surface area contributed by atoms with Gasteiger partial charge in [-0.3, -0.25) is 0 Å². The first-order valence-electron chi connectivity index (χ1n) is 8.70. The van der Waals surface area contributed by atoms with Crippen molar-refractivity contribution in [1.29, 1.82) is 0 Å². The summed E-state index contributed by atoms with van der Waals surface area (Å²) in [6, 6.07) is 8.17. The third-order valence-electron chi connectivity index (χ3n) is 4.90. The molecule has 24 heavy (non-hydrogen) atoms. The van der Waals surface area contributed by atoms with Gasteiger partial charge in [0.15, 0.2) is 0 Å². The van der Waals surface area contributed by atoms with Crippen LogP contribution in [0.15, 0.2) is 24.3 Å². The number of hydrogen-bond acceptors (Lipinski definition) is 4. The van der Waals surface area contributed by atoms with Gasteiger partial charge in [0.2, 0.25) is 0 Å². The smallest absolute Gasteiger partial charge is 0.127 e. The zero-order chi connectivity index (χ0) is 15.9. The molecule has 3 unspecified atom stereocenters. The number of hydrogen-bond donors (Lipinski definition) is 2. The van der Waals surface area contributed by atoms with E-state index in [9.17, 15) is 4.39 Å². The summed E-state index contributed by atoms with van der Waals surface area (Å²) in [5.41, 5.74) is 0.805. The monoisotopic (exact) mass is 374 g/mol. The molecule has 0 radical (unpaired) electrons. The number of benzene rings is 1. The van der Waals surface area contributed by atoms with Crippen molar-refractivity contribution in [2.45, 2.75) is 37.1 Å². The number of ether oxygens (including phenoxy) is 1. The van der Waals surface area contributed by atoms with Crippen molar-refractivity contribution in [3.8, 4) is 0 Å². The van der Waals surface area contributed by atoms with Gasteiger partial charge in [0.25, 0.3) is 0 Å². The normalized spacial score (nSPS) is 27.0. The van der Waals surface area contributed by atoms with Crippen LogP contribution in [0.4, 0.5) is 4.39 Å². The number of halogens is 2. The largest absolute Gasteiger partial charge is 0.379 e. The van der Waals surface area contributed by atoms with E-state index in [1.54, 1.807) is 17.8 Å². The second-order valence-corrected chi connectivity index (χ2v) is 7.54. The summed E-state index contributed by atoms with van der Waals surface area (Å²) in [7, 11) is 0. The summed E-state index contributed by atoms with van der Waals surface area (Å²) in [5.74, 6) is 2.37. The van der Waals surface area contributed by atoms with Gasteiger partial charge in [0.05, 0.1) is 13.2 Å². The molecule has 1 aromatic carbocycles. The molecule has 2 aliphatic rings. The molecule has 0 amide bonds. The van der Waals surface area contributed by atoms with Gasteiger partial charge in [0, 0.05) is 36.7 Å². The molecule has 1 heterocycles. The van der Waals surface area contributed by atoms with Gasteiger partial charge >= 0.3 is 0 Å². The van der Waals surface area contributed by atoms with Crippen molar-refractivity contribution >= 4 is 24.2 Å². The Hall–Kier alpha value is -0.330. The second kappa shape index (κ2) is 10.6. The molecule has 0 aromatic heterocycles. The van der Waals surface area contributed by atoms with E-state index >= 15 is 0 Å². The van der Waals surface area contributed by atoms with E-state index in [0.717, 1.165) is 43.4 Å². The Labute approximate surface area is 154 Å². The average Bonchev–Trinajstić information content (AvgIpc) is 3.05. The van der Waals surface area contributed by atoms with Crippen LogP contribution in [0.2, 0.25) is 0 Å². The van der Waals surface area contributed by atoms with Crippen molar-refractivity contribution in [2.75, 3.05) is 32.1 Å². The summed E-state index contributed by atoms with van der Waals surface area (Å²) < 4.78 is 19.2. The van der Waals surface area contributed by atoms with Crippen molar-refractivity contribution in [1.82, 2.24) is 10.6 Å². The van der Waals surface area contributed by atoms with Crippen LogP contribution in [0.3, 0.4) is 0 Å². The van der Waals surface area contributed by atoms with E-state index in [2.05, 4.69) is 10.6 Å². The standard InChI is InChI=1S/C18H27FN2OS.ClH/c19-16-6-2-1-4-14(16)13-23-11-9-21-17-7-3-5-15(17)18-12-22-10-8-20-18;/h1-2,4,6,15,17-18,20-21H,3,5,7-13H2;1H. The summed E-state index contributed by atoms with van der Waals surface area (Å²) in [4.78, 5) is 0. The van der Waals surface area contributed by atoms with Crippen molar-refractivity contribution in [3.05, 3.63) is 35.6 Å². The highest BCUT2D eigenvalue weighted by Crippen LogP contribution is 2.29. The fourth-order valence-electron chi connectivity index (χ4n) is 3.70. The number of thioether (sulfide) groups is 1. The van der Waals surface area contributed by atoms with Crippen molar-refractivity contribution in [3.63, 3.8) is 0 Å². The van der Waals surface area contributed by atoms with E-state index in [0.29, 0.717) is 18.0 Å². The molecule has 1 aliphatic heterocycles. The zero-order valence-corrected chi connectivity index (χ0v) is 15.6. The molecule has 0 bridgehead atoms. The Morgan fingerprint density at radius 3 is 2.96 bits per heavy atom. The minimum absolute atomic E-state index is 0. The van der Waals surface area contributed by atoms with E-state index in [1.165, 1.54) is 25.3 Å². The Balaban J connectivity index is 0.00000208. The lowest BCUT2D eigenvalue weighted by Gasteiger charge is -2.33. The number of rotatable bonds is 7. The molecule has 3 atom stereocenters. The number of nitrogens with one attached hydrogen (secondary N) is 2. The van der Waals surface area contributed by atoms with Crippen LogP contribution in [0.25, 0.3) is 0 Å². The minimum atomic E-state index is -0.0906. The van der Waals surface area contributed by atoms with Gasteiger partial charge in [-0.1, -0.05) is 24.6 Å². The predicted octanol–water partition coefficient (Wildman–Crippen LogP) is 3.23. The summed E-state index contributed by atoms with van der Waals surface area (Å²) in [5, 5.41) is 7.33. The molecule has 0 spiro atoms. The fourth-order valence-corrected chi connectivity index (χ4v) is 4.56. The third-order valence-corrected chi connectivity index (χ3v) is 5.91. The lowest BCUT2D eigenvalue weighted by atomic mass is 9.94. The van der Waals surface area contributed by atoms with Crippen LogP contribution in [0.5, 0.6) is 0 Å². The minimum Gasteiger partial charge on any atom is -0.379 e. The average molecular weight is 375 g/mol. The van der Waals surface area contributed by atoms with Gasteiger partial charge in [0.1, 0.15) is 5.82 Å². The first kappa shape index (κ1) is 20.0. The lowest BCUT2D eigenvalue weighted by Crippen LogP contribution is -2.51. The van der Waals surface area contributed by atoms with Gasteiger partial charge < -0.3 is 15.4 Å². The maximum absolute atomic E-state index is 13.6. The van der Waals surface area contributed by atoms with Crippen LogP contribution < -0.4 is 10.6 Å². The molecule has 3 nitrogen and oxygen atoms in total. The SMILES string of the molecule is Cl.Fc1ccccc1CSCCNC1CCCC1C1COCCN1. The summed E-state index contributed by atoms with van der Waals surface area (Å²) in [6.45, 7) is 3.67. The quantitative estimate of drug-likeness (QED) is 0.718. The van der Waals surface area contributed by atoms with Crippen LogP contribution in [0, 0.1) is 11.7 Å². The van der Waals surface area contributed by atoms with Crippen LogP contribution in [-0.4, -0.2) is 44.1 Å². The highest BCUT2D eigenvalue weighted by molar-refractivity contribution is 7.98. The molecular weight excluding hydrogens is 347 g/mol. The second-order valence-electron chi connectivity index (χ2n) is 6.43. The number of morpholine rings is 1. The first-order chi connectivity index (χ1) is 11.3. The van der Waals surface area contributed by atoms with Crippen LogP contribution in [0.1, 0.15) is 24.8 Å². The van der Waals surface area contributed by atoms with Gasteiger partial charge in [-0.15, -0.1) is 12.4 Å². The molecule has 6 heteroatoms. The van der Waals surface area contributed by atoms with Crippen LogP contribution in [-0.2, 0) is 10.5 Å². The molecular formula is C18H28ClFN2OS. The Kier molecular flexibility index (Phi) is 8.84. The van der Waals surface area contributed by atoms with Crippen LogP contribution >= 0.6 is 24.2 Å². The van der Waals surface area contributed by atoms with E-state index in [1.807, 2.05) is 12.1 Å². The van der Waals surface area contributed by atoms with Gasteiger partial charge in [-0.25, -0.2) is 4.39 Å². The highest BCUT2D eigenvalue weighted by atomic mass is 35.5. The Morgan fingerprint density at radius 2 is 2.17 bits per heavy atom. The van der Waals surface area contributed by atoms with E-state index in [4.69, 9.17) is 4.74 Å². The van der Waals surface area contributed by atoms with E-state index in [-0.39, 0.29) is 18.2 Å². The molecule has 1 aliphatic carbocycles. The predicted molar refractivity (Wildman–Crippen MR) is 102 cm³/mol. The Bertz CT molecular complexity index is 488. The maximum atomic E-state index is 13.6. The first-order valence-corrected chi connectivity index (χ1v) is 9.86. The summed E-state index contributed by atoms with van der Waals surface area (Å²) >= 11 is 1.80. The van der Waals surface area contributed by atoms with Crippen molar-refractivity contribution in [2.24, 2.45) is 5.92 Å². The van der Waals surface area contributed by atoms with Gasteiger partial charge in [-0.2, -0.15) is 11.8 Å². The topological polar surface area (TPSA) is 33.3 Å². The molecule has 136 valence electrons. The van der Waals surface area contributed by atoms with E-state index < -0.39 is 0 Å². The zero-order valence-electron chi connectivity index (χ0n) is 14.0. The molecule has 2 fully saturated rings. The lowest BCUT2D eigenvalue weighted by molar-refractivity contribution is 0.0527. The molecule has 1 saturated heterocycles. The van der Waals surface area contributed by atoms with Gasteiger partial charge in [-0.05, 0) is 30.4 Å². The molecule has 3 rings (SSSR count).